The van der Waals surface area contributed by atoms with E-state index in [0.717, 1.165) is 18.5 Å². The Kier molecular flexibility index (Phi) is 4.24. The summed E-state index contributed by atoms with van der Waals surface area (Å²) in [4.78, 5) is 5.65. The van der Waals surface area contributed by atoms with E-state index >= 15 is 0 Å². The Morgan fingerprint density at radius 2 is 2.11 bits per heavy atom. The lowest BCUT2D eigenvalue weighted by molar-refractivity contribution is -0.235. The van der Waals surface area contributed by atoms with Gasteiger partial charge in [-0.15, -0.1) is 0 Å². The van der Waals surface area contributed by atoms with E-state index in [0.29, 0.717) is 6.54 Å². The zero-order valence-corrected chi connectivity index (χ0v) is 12.4. The Morgan fingerprint density at radius 1 is 1.33 bits per heavy atom. The average molecular weight is 271 g/mol. The number of halogens is 1. The lowest BCUT2D eigenvalue weighted by Gasteiger charge is -2.36. The van der Waals surface area contributed by atoms with E-state index in [4.69, 9.17) is 9.26 Å². The zero-order valence-electron chi connectivity index (χ0n) is 11.4. The minimum absolute atomic E-state index is 0.301. The van der Waals surface area contributed by atoms with Gasteiger partial charge in [0.15, 0.2) is 14.1 Å². The molecule has 0 amide bonds. The molecule has 2 rings (SSSR count). The van der Waals surface area contributed by atoms with Crippen LogP contribution in [-0.2, 0) is 9.26 Å². The van der Waals surface area contributed by atoms with E-state index in [1.54, 1.807) is 11.1 Å². The van der Waals surface area contributed by atoms with Crippen molar-refractivity contribution in [3.05, 3.63) is 23.7 Å². The summed E-state index contributed by atoms with van der Waals surface area (Å²) in [6, 6.07) is 0. The van der Waals surface area contributed by atoms with Crippen LogP contribution < -0.4 is 0 Å². The fourth-order valence-corrected chi connectivity index (χ4v) is 2.90. The Bertz CT molecular complexity index is 362. The van der Waals surface area contributed by atoms with Gasteiger partial charge in [0.1, 0.15) is 0 Å². The van der Waals surface area contributed by atoms with Crippen LogP contribution in [0.15, 0.2) is 23.7 Å². The molecule has 0 saturated heterocycles. The second kappa shape index (κ2) is 5.55. The van der Waals surface area contributed by atoms with Crippen molar-refractivity contribution < 1.29 is 13.7 Å². The predicted molar refractivity (Wildman–Crippen MR) is 71.8 cm³/mol. The van der Waals surface area contributed by atoms with Crippen molar-refractivity contribution in [2.45, 2.75) is 51.6 Å². The SMILES string of the molecule is C[Si](C)(C)OC1ON(C2=CCCCC2)CC=C1F. The van der Waals surface area contributed by atoms with Gasteiger partial charge in [-0.3, -0.25) is 5.06 Å². The fraction of sp³-hybridized carbons (Fsp3) is 0.692. The molecular formula is C13H22FNO2Si. The second-order valence-corrected chi connectivity index (χ2v) is 10.2. The van der Waals surface area contributed by atoms with Crippen LogP contribution >= 0.6 is 0 Å². The molecule has 0 aromatic carbocycles. The molecule has 1 aliphatic heterocycles. The van der Waals surface area contributed by atoms with E-state index in [-0.39, 0.29) is 5.83 Å². The predicted octanol–water partition coefficient (Wildman–Crippen LogP) is 3.72. The Labute approximate surface area is 109 Å². The summed E-state index contributed by atoms with van der Waals surface area (Å²) >= 11 is 0. The first-order chi connectivity index (χ1) is 8.46. The first kappa shape index (κ1) is 13.8. The number of allylic oxidation sites excluding steroid dienone is 2. The fourth-order valence-electron chi connectivity index (χ4n) is 2.11. The smallest absolute Gasteiger partial charge is 0.227 e. The number of nitrogens with zero attached hydrogens (tertiary/aromatic N) is 1. The Hall–Kier alpha value is -0.653. The molecule has 0 bridgehead atoms. The summed E-state index contributed by atoms with van der Waals surface area (Å²) < 4.78 is 19.4. The normalized spacial score (nSPS) is 25.8. The van der Waals surface area contributed by atoms with E-state index in [1.807, 2.05) is 19.6 Å². The summed E-state index contributed by atoms with van der Waals surface area (Å²) in [6.45, 7) is 6.57. The van der Waals surface area contributed by atoms with Crippen molar-refractivity contribution in [2.24, 2.45) is 0 Å². The molecule has 1 atom stereocenters. The minimum Gasteiger partial charge on any atom is -0.386 e. The zero-order chi connectivity index (χ0) is 13.2. The highest BCUT2D eigenvalue weighted by Crippen LogP contribution is 2.27. The summed E-state index contributed by atoms with van der Waals surface area (Å²) in [5, 5.41) is 1.78. The molecule has 102 valence electrons. The highest BCUT2D eigenvalue weighted by molar-refractivity contribution is 6.69. The van der Waals surface area contributed by atoms with Crippen molar-refractivity contribution in [1.29, 1.82) is 0 Å². The third-order valence-corrected chi connectivity index (χ3v) is 3.87. The van der Waals surface area contributed by atoms with Gasteiger partial charge in [-0.05, 0) is 51.4 Å². The van der Waals surface area contributed by atoms with Crippen LogP contribution in [0.4, 0.5) is 4.39 Å². The van der Waals surface area contributed by atoms with Gasteiger partial charge in [0, 0.05) is 5.70 Å². The van der Waals surface area contributed by atoms with E-state index in [2.05, 4.69) is 6.08 Å². The molecule has 0 fully saturated rings. The second-order valence-electron chi connectivity index (χ2n) is 5.76. The van der Waals surface area contributed by atoms with Gasteiger partial charge < -0.3 is 4.43 Å². The van der Waals surface area contributed by atoms with E-state index < -0.39 is 14.6 Å². The topological polar surface area (TPSA) is 21.7 Å². The average Bonchev–Trinajstić information content (AvgIpc) is 2.31. The summed E-state index contributed by atoms with van der Waals surface area (Å²) in [5.41, 5.74) is 1.16. The van der Waals surface area contributed by atoms with Crippen LogP contribution in [0.25, 0.3) is 0 Å². The molecule has 0 spiro atoms. The maximum Gasteiger partial charge on any atom is 0.227 e. The van der Waals surface area contributed by atoms with Crippen LogP contribution in [0.3, 0.4) is 0 Å². The van der Waals surface area contributed by atoms with Gasteiger partial charge in [-0.2, -0.15) is 0 Å². The molecule has 0 aromatic rings. The van der Waals surface area contributed by atoms with E-state index in [9.17, 15) is 4.39 Å². The van der Waals surface area contributed by atoms with Crippen molar-refractivity contribution in [3.63, 3.8) is 0 Å². The third-order valence-electron chi connectivity index (χ3n) is 2.95. The maximum absolute atomic E-state index is 13.7. The molecule has 1 heterocycles. The lowest BCUT2D eigenvalue weighted by Crippen LogP contribution is -2.41. The monoisotopic (exact) mass is 271 g/mol. The van der Waals surface area contributed by atoms with Gasteiger partial charge in [-0.1, -0.05) is 6.08 Å². The van der Waals surface area contributed by atoms with Crippen LogP contribution in [-0.4, -0.2) is 26.2 Å². The standard InChI is InChI=1S/C13H22FNO2Si/c1-18(2,3)17-13-12(14)9-10-15(16-13)11-7-5-4-6-8-11/h7,9,13H,4-6,8,10H2,1-3H3. The van der Waals surface area contributed by atoms with Gasteiger partial charge in [-0.25, -0.2) is 9.23 Å². The Balaban J connectivity index is 2.03. The third kappa shape index (κ3) is 3.67. The Morgan fingerprint density at radius 3 is 2.72 bits per heavy atom. The molecule has 1 aliphatic carbocycles. The van der Waals surface area contributed by atoms with Gasteiger partial charge in [0.05, 0.1) is 6.54 Å². The molecule has 0 radical (unpaired) electrons. The van der Waals surface area contributed by atoms with Gasteiger partial charge >= 0.3 is 0 Å². The number of hydroxylamine groups is 2. The van der Waals surface area contributed by atoms with Crippen LogP contribution in [0.2, 0.25) is 19.6 Å². The first-order valence-electron chi connectivity index (χ1n) is 6.62. The van der Waals surface area contributed by atoms with Gasteiger partial charge in [0.2, 0.25) is 6.29 Å². The summed E-state index contributed by atoms with van der Waals surface area (Å²) in [7, 11) is -1.82. The molecule has 0 saturated carbocycles. The molecule has 18 heavy (non-hydrogen) atoms. The van der Waals surface area contributed by atoms with Gasteiger partial charge in [0.25, 0.3) is 0 Å². The molecule has 0 N–H and O–H groups in total. The van der Waals surface area contributed by atoms with E-state index in [1.165, 1.54) is 12.8 Å². The molecule has 1 unspecified atom stereocenters. The number of hydrogen-bond acceptors (Lipinski definition) is 3. The van der Waals surface area contributed by atoms with Crippen molar-refractivity contribution in [1.82, 2.24) is 5.06 Å². The van der Waals surface area contributed by atoms with Crippen molar-refractivity contribution in [3.8, 4) is 0 Å². The molecular weight excluding hydrogens is 249 g/mol. The number of rotatable bonds is 3. The molecule has 2 aliphatic rings. The van der Waals surface area contributed by atoms with Crippen LogP contribution in [0.1, 0.15) is 25.7 Å². The summed E-state index contributed by atoms with van der Waals surface area (Å²) in [6.07, 6.45) is 7.40. The number of hydrogen-bond donors (Lipinski definition) is 0. The van der Waals surface area contributed by atoms with Crippen molar-refractivity contribution in [2.75, 3.05) is 6.54 Å². The minimum atomic E-state index is -1.82. The highest BCUT2D eigenvalue weighted by Gasteiger charge is 2.31. The molecule has 3 nitrogen and oxygen atoms in total. The maximum atomic E-state index is 13.7. The van der Waals surface area contributed by atoms with Crippen LogP contribution in [0.5, 0.6) is 0 Å². The van der Waals surface area contributed by atoms with Crippen molar-refractivity contribution >= 4 is 8.32 Å². The first-order valence-corrected chi connectivity index (χ1v) is 10.0. The molecule has 5 heteroatoms. The quantitative estimate of drug-likeness (QED) is 0.730. The molecule has 0 aromatic heterocycles. The highest BCUT2D eigenvalue weighted by atomic mass is 28.4. The largest absolute Gasteiger partial charge is 0.386 e. The summed E-state index contributed by atoms with van der Waals surface area (Å²) in [5.74, 6) is -0.301. The van der Waals surface area contributed by atoms with Crippen LogP contribution in [0, 0.1) is 0 Å². The lowest BCUT2D eigenvalue weighted by atomic mass is 10.0.